The molecule has 31 heavy (non-hydrogen) atoms. The Morgan fingerprint density at radius 3 is 2.35 bits per heavy atom. The van der Waals surface area contributed by atoms with Crippen LogP contribution >= 0.6 is 0 Å². The van der Waals surface area contributed by atoms with Gasteiger partial charge in [-0.25, -0.2) is 0 Å². The van der Waals surface area contributed by atoms with Crippen LogP contribution in [0.1, 0.15) is 47.1 Å². The molecule has 158 valence electrons. The molecule has 0 unspecified atom stereocenters. The van der Waals surface area contributed by atoms with E-state index in [0.717, 1.165) is 31.7 Å². The highest BCUT2D eigenvalue weighted by molar-refractivity contribution is 6.00. The Hall–Kier alpha value is -2.84. The normalized spacial score (nSPS) is 16.4. The Morgan fingerprint density at radius 1 is 0.806 bits per heavy atom. The van der Waals surface area contributed by atoms with Gasteiger partial charge in [0.05, 0.1) is 0 Å². The standard InChI is InChI=1S/C29H31NO/c1-22-9-15-28-25(21-22)12-16-27(23-7-3-2-4-8-23)29(28)24-10-13-26(14-11-24)31-20-19-30-17-5-6-18-30/h2-4,7-11,13-15,21H,5-6,12,16-20H2,1H3. The monoisotopic (exact) mass is 409 g/mol. The van der Waals surface area contributed by atoms with Crippen LogP contribution < -0.4 is 4.74 Å². The predicted octanol–water partition coefficient (Wildman–Crippen LogP) is 6.37. The van der Waals surface area contributed by atoms with E-state index in [1.807, 2.05) is 0 Å². The van der Waals surface area contributed by atoms with Crippen LogP contribution in [0.15, 0.2) is 72.8 Å². The van der Waals surface area contributed by atoms with Gasteiger partial charge in [-0.3, -0.25) is 4.90 Å². The molecule has 3 aromatic carbocycles. The number of rotatable bonds is 6. The average molecular weight is 410 g/mol. The van der Waals surface area contributed by atoms with Crippen molar-refractivity contribution in [3.8, 4) is 5.75 Å². The van der Waals surface area contributed by atoms with Gasteiger partial charge >= 0.3 is 0 Å². The summed E-state index contributed by atoms with van der Waals surface area (Å²) in [6, 6.07) is 26.5. The summed E-state index contributed by atoms with van der Waals surface area (Å²) >= 11 is 0. The summed E-state index contributed by atoms with van der Waals surface area (Å²) in [5.41, 5.74) is 9.59. The second-order valence-corrected chi connectivity index (χ2v) is 8.80. The second-order valence-electron chi connectivity index (χ2n) is 8.80. The van der Waals surface area contributed by atoms with Gasteiger partial charge in [0.25, 0.3) is 0 Å². The number of benzene rings is 3. The minimum Gasteiger partial charge on any atom is -0.492 e. The number of aryl methyl sites for hydroxylation is 2. The highest BCUT2D eigenvalue weighted by Gasteiger charge is 2.21. The maximum Gasteiger partial charge on any atom is 0.119 e. The zero-order valence-corrected chi connectivity index (χ0v) is 18.4. The highest BCUT2D eigenvalue weighted by atomic mass is 16.5. The lowest BCUT2D eigenvalue weighted by atomic mass is 9.79. The third-order valence-electron chi connectivity index (χ3n) is 6.62. The second kappa shape index (κ2) is 9.11. The quantitative estimate of drug-likeness (QED) is 0.469. The van der Waals surface area contributed by atoms with E-state index in [1.165, 1.54) is 64.9 Å². The Balaban J connectivity index is 1.44. The van der Waals surface area contributed by atoms with Crippen LogP contribution in [0.5, 0.6) is 5.75 Å². The van der Waals surface area contributed by atoms with Crippen LogP contribution in [0.25, 0.3) is 11.1 Å². The first-order valence-electron chi connectivity index (χ1n) is 11.6. The molecular weight excluding hydrogens is 378 g/mol. The van der Waals surface area contributed by atoms with E-state index >= 15 is 0 Å². The fourth-order valence-electron chi connectivity index (χ4n) is 4.99. The maximum atomic E-state index is 6.05. The first-order valence-corrected chi connectivity index (χ1v) is 11.6. The maximum absolute atomic E-state index is 6.05. The molecular formula is C29H31NO. The van der Waals surface area contributed by atoms with Crippen LogP contribution in [-0.4, -0.2) is 31.1 Å². The largest absolute Gasteiger partial charge is 0.492 e. The van der Waals surface area contributed by atoms with E-state index in [1.54, 1.807) is 0 Å². The molecule has 5 rings (SSSR count). The van der Waals surface area contributed by atoms with Gasteiger partial charge in [0.2, 0.25) is 0 Å². The van der Waals surface area contributed by atoms with Crippen LogP contribution in [0.2, 0.25) is 0 Å². The van der Waals surface area contributed by atoms with Crippen molar-refractivity contribution in [1.29, 1.82) is 0 Å². The first-order chi connectivity index (χ1) is 15.3. The van der Waals surface area contributed by atoms with E-state index < -0.39 is 0 Å². The van der Waals surface area contributed by atoms with Crippen molar-refractivity contribution in [1.82, 2.24) is 4.90 Å². The van der Waals surface area contributed by atoms with E-state index in [-0.39, 0.29) is 0 Å². The summed E-state index contributed by atoms with van der Waals surface area (Å²) in [4.78, 5) is 2.49. The van der Waals surface area contributed by atoms with E-state index in [4.69, 9.17) is 4.74 Å². The average Bonchev–Trinajstić information content (AvgIpc) is 3.33. The van der Waals surface area contributed by atoms with Gasteiger partial charge in [-0.1, -0.05) is 66.2 Å². The molecule has 2 nitrogen and oxygen atoms in total. The molecule has 0 amide bonds. The van der Waals surface area contributed by atoms with Gasteiger partial charge in [-0.15, -0.1) is 0 Å². The zero-order chi connectivity index (χ0) is 21.0. The van der Waals surface area contributed by atoms with Gasteiger partial charge in [0.1, 0.15) is 12.4 Å². The zero-order valence-electron chi connectivity index (χ0n) is 18.4. The summed E-state index contributed by atoms with van der Waals surface area (Å²) in [5, 5.41) is 0. The van der Waals surface area contributed by atoms with Gasteiger partial charge in [0.15, 0.2) is 0 Å². The van der Waals surface area contributed by atoms with Gasteiger partial charge in [0, 0.05) is 6.54 Å². The third kappa shape index (κ3) is 4.45. The molecule has 1 heterocycles. The number of nitrogens with zero attached hydrogens (tertiary/aromatic N) is 1. The van der Waals surface area contributed by atoms with Crippen molar-refractivity contribution in [2.45, 2.75) is 32.6 Å². The summed E-state index contributed by atoms with van der Waals surface area (Å²) < 4.78 is 6.05. The van der Waals surface area contributed by atoms with Crippen molar-refractivity contribution in [3.05, 3.63) is 101 Å². The predicted molar refractivity (Wildman–Crippen MR) is 129 cm³/mol. The van der Waals surface area contributed by atoms with Crippen molar-refractivity contribution in [3.63, 3.8) is 0 Å². The van der Waals surface area contributed by atoms with Gasteiger partial charge in [-0.05, 0) is 91.2 Å². The van der Waals surface area contributed by atoms with Gasteiger partial charge in [-0.2, -0.15) is 0 Å². The Morgan fingerprint density at radius 2 is 1.58 bits per heavy atom. The third-order valence-corrected chi connectivity index (χ3v) is 6.62. The van der Waals surface area contributed by atoms with Crippen LogP contribution in [0.4, 0.5) is 0 Å². The lowest BCUT2D eigenvalue weighted by Crippen LogP contribution is -2.25. The molecule has 0 bridgehead atoms. The van der Waals surface area contributed by atoms with Crippen molar-refractivity contribution in [2.24, 2.45) is 0 Å². The smallest absolute Gasteiger partial charge is 0.119 e. The molecule has 1 saturated heterocycles. The fraction of sp³-hybridized carbons (Fsp3) is 0.310. The summed E-state index contributed by atoms with van der Waals surface area (Å²) in [5.74, 6) is 0.963. The van der Waals surface area contributed by atoms with E-state index in [2.05, 4.69) is 84.6 Å². The van der Waals surface area contributed by atoms with Gasteiger partial charge < -0.3 is 4.74 Å². The lowest BCUT2D eigenvalue weighted by Gasteiger charge is -2.25. The number of likely N-dealkylation sites (tertiary alicyclic amines) is 1. The molecule has 0 N–H and O–H groups in total. The molecule has 1 aliphatic heterocycles. The molecule has 0 atom stereocenters. The minimum absolute atomic E-state index is 0.763. The molecule has 0 aromatic heterocycles. The summed E-state index contributed by atoms with van der Waals surface area (Å²) in [6.07, 6.45) is 4.83. The van der Waals surface area contributed by atoms with Crippen molar-refractivity contribution in [2.75, 3.05) is 26.2 Å². The lowest BCUT2D eigenvalue weighted by molar-refractivity contribution is 0.238. The Labute approximate surface area is 186 Å². The number of ether oxygens (including phenoxy) is 1. The molecule has 0 spiro atoms. The number of hydrogen-bond donors (Lipinski definition) is 0. The van der Waals surface area contributed by atoms with Crippen LogP contribution in [0, 0.1) is 6.92 Å². The Bertz CT molecular complexity index is 1060. The first kappa shape index (κ1) is 20.1. The van der Waals surface area contributed by atoms with E-state index in [9.17, 15) is 0 Å². The van der Waals surface area contributed by atoms with Crippen LogP contribution in [-0.2, 0) is 6.42 Å². The topological polar surface area (TPSA) is 12.5 Å². The molecule has 0 radical (unpaired) electrons. The Kier molecular flexibility index (Phi) is 5.90. The number of hydrogen-bond acceptors (Lipinski definition) is 2. The molecule has 2 aliphatic rings. The van der Waals surface area contributed by atoms with E-state index in [0.29, 0.717) is 0 Å². The molecule has 0 saturated carbocycles. The molecule has 3 aromatic rings. The summed E-state index contributed by atoms with van der Waals surface area (Å²) in [7, 11) is 0. The number of fused-ring (bicyclic) bond motifs is 1. The minimum atomic E-state index is 0.763. The van der Waals surface area contributed by atoms with Crippen molar-refractivity contribution < 1.29 is 4.74 Å². The molecule has 2 heteroatoms. The molecule has 1 fully saturated rings. The number of allylic oxidation sites excluding steroid dienone is 1. The highest BCUT2D eigenvalue weighted by Crippen LogP contribution is 2.41. The SMILES string of the molecule is Cc1ccc2c(c1)CCC(c1ccccc1)=C2c1ccc(OCCN2CCCC2)cc1. The summed E-state index contributed by atoms with van der Waals surface area (Å²) in [6.45, 7) is 6.41. The molecule has 1 aliphatic carbocycles. The van der Waals surface area contributed by atoms with Crippen LogP contribution in [0.3, 0.4) is 0 Å². The fourth-order valence-corrected chi connectivity index (χ4v) is 4.99. The van der Waals surface area contributed by atoms with Crippen molar-refractivity contribution >= 4 is 11.1 Å².